The van der Waals surface area contributed by atoms with Crippen LogP contribution in [0.4, 0.5) is 0 Å². The summed E-state index contributed by atoms with van der Waals surface area (Å²) in [5, 5.41) is 0. The van der Waals surface area contributed by atoms with Crippen molar-refractivity contribution in [1.29, 1.82) is 0 Å². The molecule has 0 amide bonds. The standard InChI is InChI=1S/C14H14INO/c1-9-6-12(7-10(2)14(9)15)11-4-5-16-13(8-11)17-3/h4-8H,1-3H3. The predicted molar refractivity (Wildman–Crippen MR) is 78.4 cm³/mol. The van der Waals surface area contributed by atoms with E-state index in [1.807, 2.05) is 12.1 Å². The number of hydrogen-bond donors (Lipinski definition) is 0. The lowest BCUT2D eigenvalue weighted by molar-refractivity contribution is 0.398. The summed E-state index contributed by atoms with van der Waals surface area (Å²) in [5.41, 5.74) is 4.95. The Hall–Kier alpha value is -1.10. The molecule has 0 aliphatic heterocycles. The van der Waals surface area contributed by atoms with E-state index in [2.05, 4.69) is 53.6 Å². The van der Waals surface area contributed by atoms with Crippen molar-refractivity contribution in [2.75, 3.05) is 7.11 Å². The smallest absolute Gasteiger partial charge is 0.213 e. The maximum atomic E-state index is 5.15. The topological polar surface area (TPSA) is 22.1 Å². The van der Waals surface area contributed by atoms with Crippen molar-refractivity contribution in [2.45, 2.75) is 13.8 Å². The van der Waals surface area contributed by atoms with E-state index in [4.69, 9.17) is 4.74 Å². The molecule has 2 aromatic rings. The van der Waals surface area contributed by atoms with Gasteiger partial charge in [-0.2, -0.15) is 0 Å². The number of rotatable bonds is 2. The Labute approximate surface area is 115 Å². The third-order valence-electron chi connectivity index (χ3n) is 2.71. The Morgan fingerprint density at radius 2 is 1.71 bits per heavy atom. The molecule has 0 bridgehead atoms. The summed E-state index contributed by atoms with van der Waals surface area (Å²) in [5.74, 6) is 0.649. The van der Waals surface area contributed by atoms with Crippen LogP contribution in [0.3, 0.4) is 0 Å². The molecule has 0 aliphatic carbocycles. The second-order valence-electron chi connectivity index (χ2n) is 4.01. The summed E-state index contributed by atoms with van der Waals surface area (Å²) in [4.78, 5) is 4.12. The molecule has 17 heavy (non-hydrogen) atoms. The van der Waals surface area contributed by atoms with Crippen LogP contribution in [0.1, 0.15) is 11.1 Å². The second-order valence-corrected chi connectivity index (χ2v) is 5.09. The molecule has 0 unspecified atom stereocenters. The number of pyridine rings is 1. The first-order chi connectivity index (χ1) is 8.11. The predicted octanol–water partition coefficient (Wildman–Crippen LogP) is 3.98. The van der Waals surface area contributed by atoms with Gasteiger partial charge in [0.05, 0.1) is 7.11 Å². The molecule has 1 aromatic heterocycles. The molecular weight excluding hydrogens is 325 g/mol. The molecule has 3 heteroatoms. The molecule has 0 atom stereocenters. The zero-order chi connectivity index (χ0) is 12.4. The number of halogens is 1. The van der Waals surface area contributed by atoms with Gasteiger partial charge >= 0.3 is 0 Å². The molecule has 2 nitrogen and oxygen atoms in total. The van der Waals surface area contributed by atoms with E-state index in [1.165, 1.54) is 20.3 Å². The van der Waals surface area contributed by atoms with Gasteiger partial charge in [0.15, 0.2) is 0 Å². The fourth-order valence-corrected chi connectivity index (χ4v) is 2.12. The summed E-state index contributed by atoms with van der Waals surface area (Å²) in [6, 6.07) is 8.36. The van der Waals surface area contributed by atoms with E-state index in [9.17, 15) is 0 Å². The highest BCUT2D eigenvalue weighted by atomic mass is 127. The lowest BCUT2D eigenvalue weighted by Crippen LogP contribution is -1.90. The number of methoxy groups -OCH3 is 1. The number of aromatic nitrogens is 1. The molecule has 0 fully saturated rings. The van der Waals surface area contributed by atoms with Gasteiger partial charge in [-0.05, 0) is 64.8 Å². The van der Waals surface area contributed by atoms with Gasteiger partial charge in [0.1, 0.15) is 0 Å². The van der Waals surface area contributed by atoms with Crippen molar-refractivity contribution in [2.24, 2.45) is 0 Å². The summed E-state index contributed by atoms with van der Waals surface area (Å²) in [7, 11) is 1.64. The summed E-state index contributed by atoms with van der Waals surface area (Å²) in [6.45, 7) is 4.27. The first-order valence-electron chi connectivity index (χ1n) is 5.39. The Bertz CT molecular complexity index is 529. The zero-order valence-corrected chi connectivity index (χ0v) is 12.3. The molecule has 1 aromatic carbocycles. The molecule has 0 aliphatic rings. The Balaban J connectivity index is 2.52. The molecule has 0 saturated heterocycles. The Morgan fingerprint density at radius 1 is 1.06 bits per heavy atom. The fraction of sp³-hybridized carbons (Fsp3) is 0.214. The van der Waals surface area contributed by atoms with E-state index in [0.717, 1.165) is 5.56 Å². The summed E-state index contributed by atoms with van der Waals surface area (Å²) < 4.78 is 6.47. The fourth-order valence-electron chi connectivity index (χ4n) is 1.81. The highest BCUT2D eigenvalue weighted by Crippen LogP contribution is 2.27. The van der Waals surface area contributed by atoms with Gasteiger partial charge in [-0.25, -0.2) is 4.98 Å². The number of ether oxygens (including phenoxy) is 1. The molecule has 0 saturated carbocycles. The molecular formula is C14H14INO. The van der Waals surface area contributed by atoms with Crippen molar-refractivity contribution in [1.82, 2.24) is 4.98 Å². The monoisotopic (exact) mass is 339 g/mol. The van der Waals surface area contributed by atoms with E-state index in [1.54, 1.807) is 13.3 Å². The van der Waals surface area contributed by atoms with Crippen LogP contribution < -0.4 is 4.74 Å². The van der Waals surface area contributed by atoms with Crippen LogP contribution in [-0.2, 0) is 0 Å². The van der Waals surface area contributed by atoms with E-state index >= 15 is 0 Å². The van der Waals surface area contributed by atoms with Crippen molar-refractivity contribution in [3.63, 3.8) is 0 Å². The first kappa shape index (κ1) is 12.4. The summed E-state index contributed by atoms with van der Waals surface area (Å²) in [6.07, 6.45) is 1.77. The van der Waals surface area contributed by atoms with Crippen LogP contribution >= 0.6 is 22.6 Å². The van der Waals surface area contributed by atoms with Gasteiger partial charge in [0.25, 0.3) is 0 Å². The average Bonchev–Trinajstić information content (AvgIpc) is 2.35. The molecule has 88 valence electrons. The third-order valence-corrected chi connectivity index (χ3v) is 4.42. The van der Waals surface area contributed by atoms with Gasteiger partial charge < -0.3 is 4.74 Å². The second kappa shape index (κ2) is 5.04. The van der Waals surface area contributed by atoms with Crippen molar-refractivity contribution >= 4 is 22.6 Å². The van der Waals surface area contributed by atoms with Crippen molar-refractivity contribution < 1.29 is 4.74 Å². The largest absolute Gasteiger partial charge is 0.481 e. The molecule has 1 heterocycles. The molecule has 0 N–H and O–H groups in total. The first-order valence-corrected chi connectivity index (χ1v) is 6.47. The van der Waals surface area contributed by atoms with Gasteiger partial charge in [-0.1, -0.05) is 12.1 Å². The number of nitrogens with zero attached hydrogens (tertiary/aromatic N) is 1. The number of benzene rings is 1. The highest BCUT2D eigenvalue weighted by Gasteiger charge is 2.05. The average molecular weight is 339 g/mol. The molecule has 0 radical (unpaired) electrons. The lowest BCUT2D eigenvalue weighted by atomic mass is 10.0. The van der Waals surface area contributed by atoms with Crippen LogP contribution in [0.15, 0.2) is 30.5 Å². The molecule has 2 rings (SSSR count). The number of aryl methyl sites for hydroxylation is 2. The minimum atomic E-state index is 0.649. The van der Waals surface area contributed by atoms with Crippen molar-refractivity contribution in [3.8, 4) is 17.0 Å². The maximum Gasteiger partial charge on any atom is 0.213 e. The van der Waals surface area contributed by atoms with E-state index in [-0.39, 0.29) is 0 Å². The summed E-state index contributed by atoms with van der Waals surface area (Å²) >= 11 is 2.38. The van der Waals surface area contributed by atoms with Gasteiger partial charge in [0.2, 0.25) is 5.88 Å². The third kappa shape index (κ3) is 2.60. The maximum absolute atomic E-state index is 5.15. The van der Waals surface area contributed by atoms with Crippen LogP contribution in [0.2, 0.25) is 0 Å². The van der Waals surface area contributed by atoms with E-state index in [0.29, 0.717) is 5.88 Å². The Morgan fingerprint density at radius 3 is 2.29 bits per heavy atom. The lowest BCUT2D eigenvalue weighted by Gasteiger charge is -2.09. The van der Waals surface area contributed by atoms with E-state index < -0.39 is 0 Å². The van der Waals surface area contributed by atoms with Crippen LogP contribution in [0.5, 0.6) is 5.88 Å². The normalized spacial score (nSPS) is 10.4. The molecule has 0 spiro atoms. The van der Waals surface area contributed by atoms with Gasteiger partial charge in [0, 0.05) is 15.8 Å². The van der Waals surface area contributed by atoms with Crippen LogP contribution in [0, 0.1) is 17.4 Å². The quantitative estimate of drug-likeness (QED) is 0.772. The van der Waals surface area contributed by atoms with Crippen LogP contribution in [-0.4, -0.2) is 12.1 Å². The SMILES string of the molecule is COc1cc(-c2cc(C)c(I)c(C)c2)ccn1. The van der Waals surface area contributed by atoms with Crippen molar-refractivity contribution in [3.05, 3.63) is 45.2 Å². The minimum absolute atomic E-state index is 0.649. The Kier molecular flexibility index (Phi) is 3.66. The minimum Gasteiger partial charge on any atom is -0.481 e. The van der Waals surface area contributed by atoms with Crippen LogP contribution in [0.25, 0.3) is 11.1 Å². The van der Waals surface area contributed by atoms with Gasteiger partial charge in [-0.15, -0.1) is 0 Å². The number of hydrogen-bond acceptors (Lipinski definition) is 2. The highest BCUT2D eigenvalue weighted by molar-refractivity contribution is 14.1. The zero-order valence-electron chi connectivity index (χ0n) is 10.1. The van der Waals surface area contributed by atoms with Gasteiger partial charge in [-0.3, -0.25) is 0 Å².